The van der Waals surface area contributed by atoms with Crippen LogP contribution in [0.2, 0.25) is 0 Å². The Morgan fingerprint density at radius 1 is 1.33 bits per heavy atom. The van der Waals surface area contributed by atoms with Gasteiger partial charge in [0, 0.05) is 7.05 Å². The lowest BCUT2D eigenvalue weighted by Crippen LogP contribution is -2.35. The Balaban J connectivity index is 2.70. The number of hydrogen-bond donors (Lipinski definition) is 2. The maximum Gasteiger partial charge on any atom is 0.166 e. The van der Waals surface area contributed by atoms with Crippen molar-refractivity contribution in [1.29, 1.82) is 0 Å². The summed E-state index contributed by atoms with van der Waals surface area (Å²) in [4.78, 5) is 0. The van der Waals surface area contributed by atoms with E-state index in [0.29, 0.717) is 11.2 Å². The Bertz CT molecular complexity index is 298. The van der Waals surface area contributed by atoms with Gasteiger partial charge in [0.1, 0.15) is 0 Å². The highest BCUT2D eigenvalue weighted by molar-refractivity contribution is 7.80. The van der Waals surface area contributed by atoms with E-state index in [-0.39, 0.29) is 0 Å². The molecule has 0 aliphatic heterocycles. The zero-order valence-electron chi connectivity index (χ0n) is 9.29. The van der Waals surface area contributed by atoms with Crippen LogP contribution in [0.15, 0.2) is 30.3 Å². The van der Waals surface area contributed by atoms with Crippen molar-refractivity contribution >= 4 is 17.3 Å². The smallest absolute Gasteiger partial charge is 0.166 e. The largest absolute Gasteiger partial charge is 0.366 e. The predicted octanol–water partition coefficient (Wildman–Crippen LogP) is 2.62. The maximum atomic E-state index is 5.12. The number of benzene rings is 1. The molecule has 15 heavy (non-hydrogen) atoms. The van der Waals surface area contributed by atoms with Crippen molar-refractivity contribution in [3.63, 3.8) is 0 Å². The Hall–Kier alpha value is -1.09. The van der Waals surface area contributed by atoms with Crippen LogP contribution in [0, 0.1) is 0 Å². The molecule has 82 valence electrons. The zero-order chi connectivity index (χ0) is 11.1. The minimum absolute atomic E-state index is 0.316. The van der Waals surface area contributed by atoms with E-state index >= 15 is 0 Å². The first-order valence-electron chi connectivity index (χ1n) is 5.31. The summed E-state index contributed by atoms with van der Waals surface area (Å²) in [6.45, 7) is 2.18. The third kappa shape index (κ3) is 3.88. The molecule has 2 N–H and O–H groups in total. The van der Waals surface area contributed by atoms with Gasteiger partial charge in [0.2, 0.25) is 0 Å². The van der Waals surface area contributed by atoms with Gasteiger partial charge >= 0.3 is 0 Å². The molecule has 1 aromatic carbocycles. The van der Waals surface area contributed by atoms with Gasteiger partial charge in [-0.3, -0.25) is 0 Å². The summed E-state index contributed by atoms with van der Waals surface area (Å²) >= 11 is 5.12. The van der Waals surface area contributed by atoms with Gasteiger partial charge in [-0.25, -0.2) is 0 Å². The first-order valence-corrected chi connectivity index (χ1v) is 5.72. The molecule has 0 bridgehead atoms. The van der Waals surface area contributed by atoms with Crippen LogP contribution in [-0.4, -0.2) is 12.2 Å². The Morgan fingerprint density at radius 2 is 2.00 bits per heavy atom. The molecule has 0 unspecified atom stereocenters. The summed E-state index contributed by atoms with van der Waals surface area (Å²) in [5.74, 6) is 0. The first-order chi connectivity index (χ1) is 7.27. The third-order valence-electron chi connectivity index (χ3n) is 2.31. The predicted molar refractivity (Wildman–Crippen MR) is 68.9 cm³/mol. The van der Waals surface area contributed by atoms with Crippen LogP contribution in [0.5, 0.6) is 0 Å². The van der Waals surface area contributed by atoms with Gasteiger partial charge in [-0.05, 0) is 24.2 Å². The van der Waals surface area contributed by atoms with Crippen LogP contribution in [0.4, 0.5) is 0 Å². The lowest BCUT2D eigenvalue weighted by Gasteiger charge is -2.19. The van der Waals surface area contributed by atoms with E-state index in [1.54, 1.807) is 0 Å². The summed E-state index contributed by atoms with van der Waals surface area (Å²) in [5.41, 5.74) is 1.29. The number of thiocarbonyl (C=S) groups is 1. The summed E-state index contributed by atoms with van der Waals surface area (Å²) in [6.07, 6.45) is 2.23. The lowest BCUT2D eigenvalue weighted by molar-refractivity contribution is 0.578. The van der Waals surface area contributed by atoms with E-state index in [1.807, 2.05) is 13.1 Å². The fourth-order valence-corrected chi connectivity index (χ4v) is 1.67. The molecule has 0 heterocycles. The van der Waals surface area contributed by atoms with Crippen molar-refractivity contribution in [3.8, 4) is 0 Å². The molecule has 1 aromatic rings. The SMILES string of the molecule is CCC[C@H](NC(=S)NC)c1ccccc1. The third-order valence-corrected chi connectivity index (χ3v) is 2.63. The van der Waals surface area contributed by atoms with E-state index in [2.05, 4.69) is 41.8 Å². The molecule has 0 spiro atoms. The maximum absolute atomic E-state index is 5.12. The molecular formula is C12H18N2S. The quantitative estimate of drug-likeness (QED) is 0.766. The van der Waals surface area contributed by atoms with Gasteiger partial charge in [-0.15, -0.1) is 0 Å². The van der Waals surface area contributed by atoms with Crippen LogP contribution in [0.3, 0.4) is 0 Å². The average molecular weight is 222 g/mol. The summed E-state index contributed by atoms with van der Waals surface area (Å²) in [6, 6.07) is 10.7. The lowest BCUT2D eigenvalue weighted by atomic mass is 10.0. The zero-order valence-corrected chi connectivity index (χ0v) is 10.1. The van der Waals surface area contributed by atoms with E-state index in [9.17, 15) is 0 Å². The topological polar surface area (TPSA) is 24.1 Å². The molecular weight excluding hydrogens is 204 g/mol. The van der Waals surface area contributed by atoms with Crippen LogP contribution in [-0.2, 0) is 0 Å². The molecule has 1 rings (SSSR count). The summed E-state index contributed by atoms with van der Waals surface area (Å²) in [5, 5.41) is 6.95. The molecule has 0 fully saturated rings. The fourth-order valence-electron chi connectivity index (χ4n) is 1.53. The highest BCUT2D eigenvalue weighted by Crippen LogP contribution is 2.17. The average Bonchev–Trinajstić information content (AvgIpc) is 2.29. The molecule has 3 heteroatoms. The van der Waals surface area contributed by atoms with Crippen LogP contribution >= 0.6 is 12.2 Å². The Labute approximate surface area is 97.1 Å². The number of rotatable bonds is 4. The Morgan fingerprint density at radius 3 is 2.53 bits per heavy atom. The van der Waals surface area contributed by atoms with Gasteiger partial charge in [0.25, 0.3) is 0 Å². The second-order valence-corrected chi connectivity index (χ2v) is 3.88. The Kier molecular flexibility index (Phi) is 5.12. The van der Waals surface area contributed by atoms with Crippen LogP contribution < -0.4 is 10.6 Å². The molecule has 0 aliphatic carbocycles. The van der Waals surface area contributed by atoms with Crippen LogP contribution in [0.1, 0.15) is 31.4 Å². The van der Waals surface area contributed by atoms with E-state index < -0.39 is 0 Å². The number of nitrogens with one attached hydrogen (secondary N) is 2. The van der Waals surface area contributed by atoms with Crippen molar-refractivity contribution < 1.29 is 0 Å². The highest BCUT2D eigenvalue weighted by atomic mass is 32.1. The fraction of sp³-hybridized carbons (Fsp3) is 0.417. The minimum atomic E-state index is 0.316. The van der Waals surface area contributed by atoms with Crippen molar-refractivity contribution in [3.05, 3.63) is 35.9 Å². The highest BCUT2D eigenvalue weighted by Gasteiger charge is 2.10. The van der Waals surface area contributed by atoms with Crippen molar-refractivity contribution in [2.75, 3.05) is 7.05 Å². The molecule has 1 atom stereocenters. The molecule has 0 amide bonds. The molecule has 0 aliphatic rings. The van der Waals surface area contributed by atoms with Crippen LogP contribution in [0.25, 0.3) is 0 Å². The van der Waals surface area contributed by atoms with Crippen molar-refractivity contribution in [2.24, 2.45) is 0 Å². The minimum Gasteiger partial charge on any atom is -0.366 e. The van der Waals surface area contributed by atoms with Gasteiger partial charge < -0.3 is 10.6 Å². The molecule has 2 nitrogen and oxygen atoms in total. The molecule has 0 saturated carbocycles. The van der Waals surface area contributed by atoms with Gasteiger partial charge in [0.05, 0.1) is 6.04 Å². The van der Waals surface area contributed by atoms with E-state index in [0.717, 1.165) is 12.8 Å². The molecule has 0 aromatic heterocycles. The summed E-state index contributed by atoms with van der Waals surface area (Å²) < 4.78 is 0. The summed E-state index contributed by atoms with van der Waals surface area (Å²) in [7, 11) is 1.84. The monoisotopic (exact) mass is 222 g/mol. The van der Waals surface area contributed by atoms with E-state index in [4.69, 9.17) is 12.2 Å². The molecule has 0 radical (unpaired) electrons. The second kappa shape index (κ2) is 6.40. The first kappa shape index (κ1) is 12.0. The normalized spacial score (nSPS) is 11.9. The molecule has 0 saturated heterocycles. The van der Waals surface area contributed by atoms with Gasteiger partial charge in [-0.1, -0.05) is 43.7 Å². The van der Waals surface area contributed by atoms with E-state index in [1.165, 1.54) is 5.56 Å². The van der Waals surface area contributed by atoms with Gasteiger partial charge in [-0.2, -0.15) is 0 Å². The number of hydrogen-bond acceptors (Lipinski definition) is 1. The van der Waals surface area contributed by atoms with Crippen molar-refractivity contribution in [1.82, 2.24) is 10.6 Å². The van der Waals surface area contributed by atoms with Gasteiger partial charge in [0.15, 0.2) is 5.11 Å². The standard InChI is InChI=1S/C12H18N2S/c1-3-7-11(14-12(15)13-2)10-8-5-4-6-9-10/h4-6,8-9,11H,3,7H2,1-2H3,(H2,13,14,15)/t11-/m0/s1. The second-order valence-electron chi connectivity index (χ2n) is 3.48. The van der Waals surface area contributed by atoms with Crippen molar-refractivity contribution in [2.45, 2.75) is 25.8 Å².